The summed E-state index contributed by atoms with van der Waals surface area (Å²) in [6, 6.07) is 13.2. The molecule has 0 fully saturated rings. The Balaban J connectivity index is 1.86. The van der Waals surface area contributed by atoms with E-state index in [9.17, 15) is 4.79 Å². The molecule has 1 aliphatic heterocycles. The third kappa shape index (κ3) is 2.77. The first-order chi connectivity index (χ1) is 10.2. The van der Waals surface area contributed by atoms with E-state index in [1.807, 2.05) is 0 Å². The Morgan fingerprint density at radius 2 is 1.86 bits per heavy atom. The number of hydrogen-bond acceptors (Lipinski definition) is 2. The van der Waals surface area contributed by atoms with Gasteiger partial charge in [-0.15, -0.1) is 0 Å². The van der Waals surface area contributed by atoms with E-state index in [1.54, 1.807) is 0 Å². The van der Waals surface area contributed by atoms with Gasteiger partial charge in [0.05, 0.1) is 6.04 Å². The normalized spacial score (nSPS) is 16.8. The fourth-order valence-corrected chi connectivity index (χ4v) is 3.21. The van der Waals surface area contributed by atoms with E-state index in [1.165, 1.54) is 33.4 Å². The number of rotatable bonds is 4. The van der Waals surface area contributed by atoms with Crippen LogP contribution in [0.5, 0.6) is 0 Å². The summed E-state index contributed by atoms with van der Waals surface area (Å²) >= 11 is 0. The molecule has 1 N–H and O–H groups in total. The predicted molar refractivity (Wildman–Crippen MR) is 85.4 cm³/mol. The van der Waals surface area contributed by atoms with Crippen molar-refractivity contribution in [3.63, 3.8) is 0 Å². The van der Waals surface area contributed by atoms with Gasteiger partial charge < -0.3 is 4.79 Å². The van der Waals surface area contributed by atoms with Crippen molar-refractivity contribution in [1.29, 1.82) is 0 Å². The van der Waals surface area contributed by atoms with Gasteiger partial charge in [0.1, 0.15) is 6.29 Å². The molecule has 1 atom stereocenters. The smallest absolute Gasteiger partial charge is 0.141 e. The first-order valence-electron chi connectivity index (χ1n) is 7.60. The summed E-state index contributed by atoms with van der Waals surface area (Å²) in [6.45, 7) is 5.07. The molecule has 0 saturated carbocycles. The van der Waals surface area contributed by atoms with Crippen molar-refractivity contribution in [3.8, 4) is 0 Å². The minimum Gasteiger partial charge on any atom is -0.301 e. The second kappa shape index (κ2) is 5.82. The van der Waals surface area contributed by atoms with Crippen LogP contribution in [0.2, 0.25) is 0 Å². The van der Waals surface area contributed by atoms with Crippen molar-refractivity contribution in [3.05, 3.63) is 69.8 Å². The molecule has 3 rings (SSSR count). The summed E-state index contributed by atoms with van der Waals surface area (Å²) in [5, 5.41) is 3.25. The zero-order valence-electron chi connectivity index (χ0n) is 12.6. The molecule has 0 radical (unpaired) electrons. The van der Waals surface area contributed by atoms with E-state index in [4.69, 9.17) is 0 Å². The summed E-state index contributed by atoms with van der Waals surface area (Å²) in [6.07, 6.45) is 3.03. The first-order valence-corrected chi connectivity index (χ1v) is 7.60. The maximum absolute atomic E-state index is 11.1. The molecular weight excluding hydrogens is 258 g/mol. The Morgan fingerprint density at radius 1 is 1.14 bits per heavy atom. The molecular formula is C19H21NO. The lowest BCUT2D eigenvalue weighted by Crippen LogP contribution is -2.13. The molecule has 0 amide bonds. The van der Waals surface area contributed by atoms with Gasteiger partial charge in [0.25, 0.3) is 0 Å². The molecule has 1 aliphatic rings. The van der Waals surface area contributed by atoms with Gasteiger partial charge >= 0.3 is 0 Å². The van der Waals surface area contributed by atoms with E-state index >= 15 is 0 Å². The van der Waals surface area contributed by atoms with Gasteiger partial charge in [-0.25, -0.2) is 0 Å². The second-order valence-corrected chi connectivity index (χ2v) is 5.83. The molecule has 2 aromatic carbocycles. The van der Waals surface area contributed by atoms with Gasteiger partial charge in [-0.2, -0.15) is 0 Å². The fraction of sp³-hybridized carbons (Fsp3) is 0.316. The van der Waals surface area contributed by atoms with Crippen LogP contribution < -0.4 is 5.32 Å². The Morgan fingerprint density at radius 3 is 2.52 bits per heavy atom. The Labute approximate surface area is 126 Å². The van der Waals surface area contributed by atoms with Crippen LogP contribution in [0.3, 0.4) is 0 Å². The lowest BCUT2D eigenvalue weighted by atomic mass is 9.94. The summed E-state index contributed by atoms with van der Waals surface area (Å²) < 4.78 is 0. The highest BCUT2D eigenvalue weighted by Crippen LogP contribution is 2.29. The number of fused-ring (bicyclic) bond motifs is 1. The average molecular weight is 279 g/mol. The molecule has 108 valence electrons. The van der Waals surface area contributed by atoms with E-state index in [0.29, 0.717) is 0 Å². The average Bonchev–Trinajstić information content (AvgIpc) is 2.91. The monoisotopic (exact) mass is 279 g/mol. The Kier molecular flexibility index (Phi) is 3.89. The van der Waals surface area contributed by atoms with Crippen LogP contribution in [0, 0.1) is 6.92 Å². The number of aldehydes is 1. The lowest BCUT2D eigenvalue weighted by molar-refractivity contribution is -0.109. The van der Waals surface area contributed by atoms with Crippen molar-refractivity contribution in [2.75, 3.05) is 0 Å². The molecule has 0 spiro atoms. The fourth-order valence-electron chi connectivity index (χ4n) is 3.21. The minimum absolute atomic E-state index is 0.127. The van der Waals surface area contributed by atoms with Crippen molar-refractivity contribution in [2.45, 2.75) is 39.3 Å². The summed E-state index contributed by atoms with van der Waals surface area (Å²) in [4.78, 5) is 11.1. The van der Waals surface area contributed by atoms with Crippen LogP contribution in [0.25, 0.3) is 0 Å². The van der Waals surface area contributed by atoms with Gasteiger partial charge in [-0.3, -0.25) is 5.32 Å². The van der Waals surface area contributed by atoms with Crippen LogP contribution in [0.15, 0.2) is 36.4 Å². The van der Waals surface area contributed by atoms with Gasteiger partial charge in [0, 0.05) is 6.54 Å². The number of nitrogens with one attached hydrogen (secondary N) is 1. The SMILES string of the molecule is CCc1ccc(Cc2cc(C)c3c(c2)CNC3C=O)cc1. The van der Waals surface area contributed by atoms with Crippen LogP contribution in [0.1, 0.15) is 46.3 Å². The standard InChI is InChI=1S/C19H21NO/c1-3-14-4-6-15(7-5-14)9-16-8-13(2)19-17(10-16)11-20-18(19)12-21/h4-8,10,12,18,20H,3,9,11H2,1-2H3. The Hall–Kier alpha value is -1.93. The number of benzene rings is 2. The van der Waals surface area contributed by atoms with Crippen LogP contribution in [-0.2, 0) is 24.2 Å². The summed E-state index contributed by atoms with van der Waals surface area (Å²) in [7, 11) is 0. The molecule has 0 aliphatic carbocycles. The highest BCUT2D eigenvalue weighted by Gasteiger charge is 2.23. The largest absolute Gasteiger partial charge is 0.301 e. The third-order valence-electron chi connectivity index (χ3n) is 4.33. The number of carbonyl (C=O) groups is 1. The van der Waals surface area contributed by atoms with Gasteiger partial charge in [-0.05, 0) is 53.1 Å². The topological polar surface area (TPSA) is 29.1 Å². The first kappa shape index (κ1) is 14.0. The quantitative estimate of drug-likeness (QED) is 0.868. The zero-order chi connectivity index (χ0) is 14.8. The van der Waals surface area contributed by atoms with E-state index < -0.39 is 0 Å². The molecule has 0 bridgehead atoms. The predicted octanol–water partition coefficient (Wildman–Crippen LogP) is 3.49. The van der Waals surface area contributed by atoms with Crippen molar-refractivity contribution < 1.29 is 4.79 Å². The van der Waals surface area contributed by atoms with Gasteiger partial charge in [0.2, 0.25) is 0 Å². The van der Waals surface area contributed by atoms with E-state index in [2.05, 4.69) is 55.6 Å². The summed E-state index contributed by atoms with van der Waals surface area (Å²) in [5.74, 6) is 0. The molecule has 0 aromatic heterocycles. The highest BCUT2D eigenvalue weighted by atomic mass is 16.1. The van der Waals surface area contributed by atoms with Crippen molar-refractivity contribution in [2.24, 2.45) is 0 Å². The molecule has 1 heterocycles. The lowest BCUT2D eigenvalue weighted by Gasteiger charge is -2.11. The molecule has 0 saturated heterocycles. The number of hydrogen-bond donors (Lipinski definition) is 1. The minimum atomic E-state index is -0.127. The zero-order valence-corrected chi connectivity index (χ0v) is 12.6. The molecule has 2 heteroatoms. The number of aryl methyl sites for hydroxylation is 2. The highest BCUT2D eigenvalue weighted by molar-refractivity contribution is 5.66. The van der Waals surface area contributed by atoms with E-state index in [-0.39, 0.29) is 6.04 Å². The van der Waals surface area contributed by atoms with E-state index in [0.717, 1.165) is 25.7 Å². The van der Waals surface area contributed by atoms with Gasteiger partial charge in [0.15, 0.2) is 0 Å². The molecule has 2 aromatic rings. The Bertz CT molecular complexity index is 658. The van der Waals surface area contributed by atoms with Crippen molar-refractivity contribution in [1.82, 2.24) is 5.32 Å². The second-order valence-electron chi connectivity index (χ2n) is 5.83. The number of carbonyl (C=O) groups excluding carboxylic acids is 1. The maximum atomic E-state index is 11.1. The third-order valence-corrected chi connectivity index (χ3v) is 4.33. The van der Waals surface area contributed by atoms with Crippen LogP contribution in [0.4, 0.5) is 0 Å². The molecule has 21 heavy (non-hydrogen) atoms. The van der Waals surface area contributed by atoms with Crippen LogP contribution in [-0.4, -0.2) is 6.29 Å². The molecule has 2 nitrogen and oxygen atoms in total. The maximum Gasteiger partial charge on any atom is 0.141 e. The van der Waals surface area contributed by atoms with Gasteiger partial charge in [-0.1, -0.05) is 43.3 Å². The summed E-state index contributed by atoms with van der Waals surface area (Å²) in [5.41, 5.74) is 7.70. The van der Waals surface area contributed by atoms with Crippen LogP contribution >= 0.6 is 0 Å². The molecule has 1 unspecified atom stereocenters. The van der Waals surface area contributed by atoms with Crippen molar-refractivity contribution >= 4 is 6.29 Å².